The number of hydrogen-bond acceptors (Lipinski definition) is 4. The lowest BCUT2D eigenvalue weighted by Crippen LogP contribution is -2.11. The minimum absolute atomic E-state index is 0.111. The van der Waals surface area contributed by atoms with Crippen molar-refractivity contribution in [2.75, 3.05) is 0 Å². The van der Waals surface area contributed by atoms with Crippen molar-refractivity contribution in [2.24, 2.45) is 0 Å². The van der Waals surface area contributed by atoms with Crippen LogP contribution in [0.5, 0.6) is 5.88 Å². The molecule has 0 saturated carbocycles. The van der Waals surface area contributed by atoms with Crippen molar-refractivity contribution in [3.05, 3.63) is 42.7 Å². The van der Waals surface area contributed by atoms with Crippen LogP contribution < -0.4 is 4.18 Å². The molecule has 0 amide bonds. The van der Waals surface area contributed by atoms with Crippen LogP contribution in [0.15, 0.2) is 47.8 Å². The van der Waals surface area contributed by atoms with E-state index in [1.54, 1.807) is 24.4 Å². The fourth-order valence-corrected chi connectivity index (χ4v) is 1.88. The zero-order valence-electron chi connectivity index (χ0n) is 7.62. The van der Waals surface area contributed by atoms with Crippen molar-refractivity contribution in [1.82, 2.24) is 9.97 Å². The van der Waals surface area contributed by atoms with Gasteiger partial charge < -0.3 is 9.17 Å². The fraction of sp³-hybridized carbons (Fsp3) is 0. The van der Waals surface area contributed by atoms with E-state index in [-0.39, 0.29) is 10.9 Å². The van der Waals surface area contributed by atoms with E-state index >= 15 is 0 Å². The minimum atomic E-state index is -3.83. The van der Waals surface area contributed by atoms with E-state index in [4.69, 9.17) is 4.18 Å². The predicted molar refractivity (Wildman–Crippen MR) is 52.8 cm³/mol. The Morgan fingerprint density at radius 3 is 2.67 bits per heavy atom. The molecule has 2 aromatic heterocycles. The molecule has 15 heavy (non-hydrogen) atoms. The summed E-state index contributed by atoms with van der Waals surface area (Å²) in [4.78, 5) is 6.34. The van der Waals surface area contributed by atoms with Gasteiger partial charge in [0.2, 0.25) is 5.88 Å². The first kappa shape index (κ1) is 9.72. The standard InChI is InChI=1S/C9H8N2O3S/c12-15(13,9-5-1-2-6-11-9)14-8-4-3-7-10-8/h1-7,10H. The van der Waals surface area contributed by atoms with Crippen LogP contribution in [-0.2, 0) is 10.1 Å². The molecular weight excluding hydrogens is 216 g/mol. The topological polar surface area (TPSA) is 72.1 Å². The van der Waals surface area contributed by atoms with Gasteiger partial charge in [0.05, 0.1) is 0 Å². The molecular formula is C9H8N2O3S. The molecule has 0 fully saturated rings. The molecule has 6 heteroatoms. The molecule has 1 N–H and O–H groups in total. The Kier molecular flexibility index (Phi) is 2.42. The lowest BCUT2D eigenvalue weighted by molar-refractivity contribution is 0.474. The quantitative estimate of drug-likeness (QED) is 0.794. The van der Waals surface area contributed by atoms with Crippen molar-refractivity contribution < 1.29 is 12.6 Å². The van der Waals surface area contributed by atoms with Gasteiger partial charge in [-0.3, -0.25) is 0 Å². The van der Waals surface area contributed by atoms with Crippen LogP contribution in [0, 0.1) is 0 Å². The SMILES string of the molecule is O=S(=O)(Oc1ccc[nH]1)c1ccccn1. The molecule has 0 bridgehead atoms. The Labute approximate surface area is 86.9 Å². The van der Waals surface area contributed by atoms with Crippen LogP contribution in [0.2, 0.25) is 0 Å². The summed E-state index contributed by atoms with van der Waals surface area (Å²) in [6.07, 6.45) is 2.97. The maximum atomic E-state index is 11.6. The average Bonchev–Trinajstić information content (AvgIpc) is 2.71. The summed E-state index contributed by atoms with van der Waals surface area (Å²) >= 11 is 0. The molecule has 0 atom stereocenters. The molecule has 0 unspecified atom stereocenters. The van der Waals surface area contributed by atoms with Crippen molar-refractivity contribution >= 4 is 10.1 Å². The van der Waals surface area contributed by atoms with Crippen LogP contribution in [0.3, 0.4) is 0 Å². The first-order chi connectivity index (χ1) is 7.18. The highest BCUT2D eigenvalue weighted by Crippen LogP contribution is 2.13. The lowest BCUT2D eigenvalue weighted by Gasteiger charge is -2.02. The average molecular weight is 224 g/mol. The third-order valence-electron chi connectivity index (χ3n) is 1.66. The van der Waals surface area contributed by atoms with E-state index in [1.807, 2.05) is 0 Å². The number of aromatic amines is 1. The first-order valence-electron chi connectivity index (χ1n) is 4.17. The Bertz CT molecular complexity index is 520. The Hall–Kier alpha value is -1.82. The monoisotopic (exact) mass is 224 g/mol. The lowest BCUT2D eigenvalue weighted by atomic mass is 10.5. The molecule has 2 heterocycles. The van der Waals surface area contributed by atoms with Crippen molar-refractivity contribution in [3.8, 4) is 5.88 Å². The Morgan fingerprint density at radius 1 is 1.20 bits per heavy atom. The minimum Gasteiger partial charge on any atom is -0.359 e. The van der Waals surface area contributed by atoms with Gasteiger partial charge in [0.1, 0.15) is 0 Å². The van der Waals surface area contributed by atoms with Gasteiger partial charge in [-0.1, -0.05) is 6.07 Å². The van der Waals surface area contributed by atoms with Crippen LogP contribution in [0.4, 0.5) is 0 Å². The normalized spacial score (nSPS) is 11.2. The van der Waals surface area contributed by atoms with Crippen LogP contribution >= 0.6 is 0 Å². The predicted octanol–water partition coefficient (Wildman–Crippen LogP) is 1.18. The van der Waals surface area contributed by atoms with Crippen molar-refractivity contribution in [2.45, 2.75) is 5.03 Å². The second-order valence-corrected chi connectivity index (χ2v) is 4.23. The molecule has 0 aliphatic heterocycles. The third-order valence-corrected chi connectivity index (χ3v) is 2.82. The molecule has 0 aliphatic rings. The van der Waals surface area contributed by atoms with Gasteiger partial charge >= 0.3 is 10.1 Å². The van der Waals surface area contributed by atoms with Gasteiger partial charge in [-0.2, -0.15) is 8.42 Å². The van der Waals surface area contributed by atoms with Crippen LogP contribution in [-0.4, -0.2) is 18.4 Å². The molecule has 2 rings (SSSR count). The molecule has 0 aromatic carbocycles. The van der Waals surface area contributed by atoms with Crippen molar-refractivity contribution in [1.29, 1.82) is 0 Å². The Morgan fingerprint density at radius 2 is 2.07 bits per heavy atom. The van der Waals surface area contributed by atoms with Gasteiger partial charge in [0.25, 0.3) is 0 Å². The van der Waals surface area contributed by atoms with E-state index in [1.165, 1.54) is 18.3 Å². The second kappa shape index (κ2) is 3.74. The number of hydrogen-bond donors (Lipinski definition) is 1. The fourth-order valence-electron chi connectivity index (χ4n) is 1.02. The van der Waals surface area contributed by atoms with Crippen LogP contribution in [0.25, 0.3) is 0 Å². The molecule has 0 aliphatic carbocycles. The van der Waals surface area contributed by atoms with E-state index in [2.05, 4.69) is 9.97 Å². The molecule has 0 spiro atoms. The van der Waals surface area contributed by atoms with Gasteiger partial charge in [0.15, 0.2) is 5.03 Å². The number of H-pyrrole nitrogens is 1. The summed E-state index contributed by atoms with van der Waals surface area (Å²) in [5, 5.41) is -0.111. The number of aromatic nitrogens is 2. The molecule has 0 saturated heterocycles. The largest absolute Gasteiger partial charge is 0.359 e. The summed E-state index contributed by atoms with van der Waals surface area (Å²) in [5.74, 6) is 0.167. The summed E-state index contributed by atoms with van der Waals surface area (Å²) in [6, 6.07) is 7.74. The first-order valence-corrected chi connectivity index (χ1v) is 5.58. The molecule has 2 aromatic rings. The number of nitrogens with one attached hydrogen (secondary N) is 1. The van der Waals surface area contributed by atoms with Crippen LogP contribution in [0.1, 0.15) is 0 Å². The summed E-state index contributed by atoms with van der Waals surface area (Å²) in [6.45, 7) is 0. The highest BCUT2D eigenvalue weighted by molar-refractivity contribution is 7.87. The zero-order valence-corrected chi connectivity index (χ0v) is 8.44. The Balaban J connectivity index is 2.29. The van der Waals surface area contributed by atoms with Gasteiger partial charge in [0, 0.05) is 18.5 Å². The molecule has 78 valence electrons. The molecule has 5 nitrogen and oxygen atoms in total. The number of pyridine rings is 1. The second-order valence-electron chi connectivity index (χ2n) is 2.74. The number of rotatable bonds is 3. The van der Waals surface area contributed by atoms with Gasteiger partial charge in [-0.15, -0.1) is 0 Å². The van der Waals surface area contributed by atoms with E-state index in [0.717, 1.165) is 0 Å². The van der Waals surface area contributed by atoms with Crippen molar-refractivity contribution in [3.63, 3.8) is 0 Å². The van der Waals surface area contributed by atoms with Gasteiger partial charge in [-0.25, -0.2) is 4.98 Å². The summed E-state index contributed by atoms with van der Waals surface area (Å²) in [7, 11) is -3.83. The van der Waals surface area contributed by atoms with E-state index < -0.39 is 10.1 Å². The zero-order chi connectivity index (χ0) is 10.7. The van der Waals surface area contributed by atoms with Gasteiger partial charge in [-0.05, 0) is 18.2 Å². The maximum absolute atomic E-state index is 11.6. The highest BCUT2D eigenvalue weighted by atomic mass is 32.2. The summed E-state index contributed by atoms with van der Waals surface area (Å²) in [5.41, 5.74) is 0. The third kappa shape index (κ3) is 2.16. The van der Waals surface area contributed by atoms with E-state index in [9.17, 15) is 8.42 Å². The molecule has 0 radical (unpaired) electrons. The van der Waals surface area contributed by atoms with E-state index in [0.29, 0.717) is 0 Å². The summed E-state index contributed by atoms with van der Waals surface area (Å²) < 4.78 is 28.0. The number of nitrogens with zero attached hydrogens (tertiary/aromatic N) is 1. The smallest absolute Gasteiger partial charge is 0.358 e. The highest BCUT2D eigenvalue weighted by Gasteiger charge is 2.17. The maximum Gasteiger partial charge on any atom is 0.358 e.